The van der Waals surface area contributed by atoms with Crippen molar-refractivity contribution in [1.29, 1.82) is 0 Å². The minimum atomic E-state index is -0.254. The monoisotopic (exact) mass is 249 g/mol. The topological polar surface area (TPSA) is 29.1 Å². The molecule has 0 spiro atoms. The number of Topliss-reactive ketones (excluding diaryl/α,β-unsaturated/α-hetero) is 1. The zero-order valence-electron chi connectivity index (χ0n) is 10.8. The van der Waals surface area contributed by atoms with E-state index in [0.717, 1.165) is 6.54 Å². The fourth-order valence-corrected chi connectivity index (χ4v) is 2.48. The summed E-state index contributed by atoms with van der Waals surface area (Å²) in [5, 5.41) is 3.41. The van der Waals surface area contributed by atoms with E-state index in [1.807, 2.05) is 0 Å². The molecular weight excluding hydrogens is 229 g/mol. The highest BCUT2D eigenvalue weighted by Crippen LogP contribution is 2.17. The van der Waals surface area contributed by atoms with E-state index in [2.05, 4.69) is 5.32 Å². The molecule has 1 aromatic carbocycles. The van der Waals surface area contributed by atoms with Crippen LogP contribution in [-0.4, -0.2) is 18.4 Å². The Morgan fingerprint density at radius 1 is 1.39 bits per heavy atom. The summed E-state index contributed by atoms with van der Waals surface area (Å²) in [7, 11) is 0. The second kappa shape index (κ2) is 6.10. The van der Waals surface area contributed by atoms with Gasteiger partial charge in [-0.2, -0.15) is 0 Å². The number of aryl methyl sites for hydroxylation is 1. The van der Waals surface area contributed by atoms with Gasteiger partial charge in [-0.1, -0.05) is 12.8 Å². The summed E-state index contributed by atoms with van der Waals surface area (Å²) in [6.45, 7) is 2.41. The molecule has 0 saturated heterocycles. The van der Waals surface area contributed by atoms with Gasteiger partial charge in [-0.3, -0.25) is 4.79 Å². The van der Waals surface area contributed by atoms with Crippen LogP contribution in [0.25, 0.3) is 0 Å². The number of rotatable bonds is 5. The third-order valence-corrected chi connectivity index (χ3v) is 3.62. The van der Waals surface area contributed by atoms with E-state index in [1.165, 1.54) is 31.7 Å². The first-order valence-electron chi connectivity index (χ1n) is 6.69. The van der Waals surface area contributed by atoms with Gasteiger partial charge in [0.25, 0.3) is 0 Å². The van der Waals surface area contributed by atoms with Crippen molar-refractivity contribution in [3.8, 4) is 0 Å². The van der Waals surface area contributed by atoms with Crippen LogP contribution in [0.2, 0.25) is 0 Å². The van der Waals surface area contributed by atoms with Crippen LogP contribution in [0.4, 0.5) is 4.39 Å². The first-order valence-corrected chi connectivity index (χ1v) is 6.69. The summed E-state index contributed by atoms with van der Waals surface area (Å²) in [6, 6.07) is 5.16. The van der Waals surface area contributed by atoms with Gasteiger partial charge in [0.2, 0.25) is 0 Å². The number of carbonyl (C=O) groups excluding carboxylic acids is 1. The van der Waals surface area contributed by atoms with Gasteiger partial charge in [0, 0.05) is 24.6 Å². The van der Waals surface area contributed by atoms with Crippen LogP contribution in [0.3, 0.4) is 0 Å². The molecule has 2 nitrogen and oxygen atoms in total. The average molecular weight is 249 g/mol. The molecule has 98 valence electrons. The molecular formula is C15H20FNO. The lowest BCUT2D eigenvalue weighted by Gasteiger charge is -2.11. The van der Waals surface area contributed by atoms with E-state index in [1.54, 1.807) is 19.1 Å². The molecule has 1 fully saturated rings. The second-order valence-corrected chi connectivity index (χ2v) is 5.07. The second-order valence-electron chi connectivity index (χ2n) is 5.07. The van der Waals surface area contributed by atoms with Crippen molar-refractivity contribution in [3.63, 3.8) is 0 Å². The summed E-state index contributed by atoms with van der Waals surface area (Å²) in [4.78, 5) is 11.9. The summed E-state index contributed by atoms with van der Waals surface area (Å²) < 4.78 is 13.1. The molecule has 0 bridgehead atoms. The van der Waals surface area contributed by atoms with Crippen molar-refractivity contribution in [2.45, 2.75) is 45.1 Å². The van der Waals surface area contributed by atoms with E-state index in [9.17, 15) is 9.18 Å². The number of hydrogen-bond acceptors (Lipinski definition) is 2. The number of nitrogens with one attached hydrogen (secondary N) is 1. The molecule has 2 rings (SSSR count). The Morgan fingerprint density at radius 2 is 2.11 bits per heavy atom. The minimum absolute atomic E-state index is 0.0867. The molecule has 0 radical (unpaired) electrons. The van der Waals surface area contributed by atoms with Crippen LogP contribution in [0.5, 0.6) is 0 Å². The molecule has 0 aliphatic heterocycles. The lowest BCUT2D eigenvalue weighted by molar-refractivity contribution is 0.0981. The molecule has 1 aliphatic rings. The maximum absolute atomic E-state index is 13.1. The Bertz CT molecular complexity index is 425. The van der Waals surface area contributed by atoms with Crippen molar-refractivity contribution in [2.24, 2.45) is 0 Å². The number of benzene rings is 1. The van der Waals surface area contributed by atoms with Gasteiger partial charge in [0.1, 0.15) is 5.82 Å². The molecule has 1 saturated carbocycles. The summed E-state index contributed by atoms with van der Waals surface area (Å²) in [5.41, 5.74) is 1.15. The van der Waals surface area contributed by atoms with Crippen LogP contribution in [0.1, 0.15) is 48.0 Å². The molecule has 3 heteroatoms. The fraction of sp³-hybridized carbons (Fsp3) is 0.533. The molecule has 0 aromatic heterocycles. The summed E-state index contributed by atoms with van der Waals surface area (Å²) in [5.74, 6) is -0.167. The Hall–Kier alpha value is -1.22. The zero-order chi connectivity index (χ0) is 13.0. The van der Waals surface area contributed by atoms with Crippen LogP contribution in [-0.2, 0) is 0 Å². The number of carbonyl (C=O) groups is 1. The van der Waals surface area contributed by atoms with Crippen LogP contribution >= 0.6 is 0 Å². The van der Waals surface area contributed by atoms with Gasteiger partial charge in [0.15, 0.2) is 5.78 Å². The van der Waals surface area contributed by atoms with E-state index in [4.69, 9.17) is 0 Å². The summed E-state index contributed by atoms with van der Waals surface area (Å²) >= 11 is 0. The van der Waals surface area contributed by atoms with Gasteiger partial charge in [-0.05, 0) is 43.5 Å². The molecule has 0 heterocycles. The zero-order valence-corrected chi connectivity index (χ0v) is 10.8. The van der Waals surface area contributed by atoms with Crippen molar-refractivity contribution in [3.05, 3.63) is 35.1 Å². The third kappa shape index (κ3) is 3.39. The Kier molecular flexibility index (Phi) is 4.48. The quantitative estimate of drug-likeness (QED) is 0.812. The van der Waals surface area contributed by atoms with Crippen molar-refractivity contribution in [2.75, 3.05) is 6.54 Å². The van der Waals surface area contributed by atoms with Gasteiger partial charge in [-0.25, -0.2) is 4.39 Å². The number of ketones is 1. The molecule has 18 heavy (non-hydrogen) atoms. The maximum Gasteiger partial charge on any atom is 0.164 e. The predicted octanol–water partition coefficient (Wildman–Crippen LogP) is 3.24. The Balaban J connectivity index is 1.81. The van der Waals surface area contributed by atoms with E-state index < -0.39 is 0 Å². The normalized spacial score (nSPS) is 16.1. The lowest BCUT2D eigenvalue weighted by atomic mass is 10.1. The summed E-state index contributed by atoms with van der Waals surface area (Å²) in [6.07, 6.45) is 5.53. The van der Waals surface area contributed by atoms with Crippen molar-refractivity contribution in [1.82, 2.24) is 5.32 Å². The standard InChI is InChI=1S/C15H20FNO/c1-11-10-12(6-7-14(11)16)15(18)8-9-17-13-4-2-3-5-13/h6-7,10,13,17H,2-5,8-9H2,1H3. The lowest BCUT2D eigenvalue weighted by Crippen LogP contribution is -2.28. The fourth-order valence-electron chi connectivity index (χ4n) is 2.48. The number of hydrogen-bond donors (Lipinski definition) is 1. The van der Waals surface area contributed by atoms with Crippen molar-refractivity contribution < 1.29 is 9.18 Å². The average Bonchev–Trinajstić information content (AvgIpc) is 2.85. The molecule has 1 aromatic rings. The van der Waals surface area contributed by atoms with Gasteiger partial charge >= 0.3 is 0 Å². The first kappa shape index (κ1) is 13.2. The molecule has 1 N–H and O–H groups in total. The Labute approximate surface area is 108 Å². The van der Waals surface area contributed by atoms with E-state index >= 15 is 0 Å². The van der Waals surface area contributed by atoms with Crippen LogP contribution in [0, 0.1) is 12.7 Å². The smallest absolute Gasteiger partial charge is 0.164 e. The molecule has 0 amide bonds. The maximum atomic E-state index is 13.1. The highest BCUT2D eigenvalue weighted by Gasteiger charge is 2.14. The largest absolute Gasteiger partial charge is 0.314 e. The molecule has 1 aliphatic carbocycles. The SMILES string of the molecule is Cc1cc(C(=O)CCNC2CCCC2)ccc1F. The Morgan fingerprint density at radius 3 is 2.78 bits per heavy atom. The van der Waals surface area contributed by atoms with Crippen molar-refractivity contribution >= 4 is 5.78 Å². The van der Waals surface area contributed by atoms with Crippen LogP contribution in [0.15, 0.2) is 18.2 Å². The number of halogens is 1. The van der Waals surface area contributed by atoms with Gasteiger partial charge in [0.05, 0.1) is 0 Å². The van der Waals surface area contributed by atoms with E-state index in [-0.39, 0.29) is 11.6 Å². The predicted molar refractivity (Wildman–Crippen MR) is 70.3 cm³/mol. The minimum Gasteiger partial charge on any atom is -0.314 e. The molecule has 0 atom stereocenters. The van der Waals surface area contributed by atoms with Crippen LogP contribution < -0.4 is 5.32 Å². The van der Waals surface area contributed by atoms with Gasteiger partial charge in [-0.15, -0.1) is 0 Å². The first-order chi connectivity index (χ1) is 8.66. The molecule has 0 unspecified atom stereocenters. The third-order valence-electron chi connectivity index (χ3n) is 3.62. The highest BCUT2D eigenvalue weighted by molar-refractivity contribution is 5.96. The van der Waals surface area contributed by atoms with Gasteiger partial charge < -0.3 is 5.32 Å². The van der Waals surface area contributed by atoms with E-state index in [0.29, 0.717) is 23.6 Å². The highest BCUT2D eigenvalue weighted by atomic mass is 19.1.